The van der Waals surface area contributed by atoms with Gasteiger partial charge >= 0.3 is 12.1 Å². The van der Waals surface area contributed by atoms with Crippen LogP contribution in [0.25, 0.3) is 10.9 Å². The van der Waals surface area contributed by atoms with Crippen LogP contribution in [0.4, 0.5) is 4.79 Å². The summed E-state index contributed by atoms with van der Waals surface area (Å²) in [6.07, 6.45) is 1.82. The number of rotatable bonds is 6. The lowest BCUT2D eigenvalue weighted by molar-refractivity contribution is -0.144. The number of aromatic nitrogens is 1. The molecular weight excluding hydrogens is 308 g/mol. The second kappa shape index (κ2) is 6.55. The quantitative estimate of drug-likeness (QED) is 0.755. The molecule has 1 aromatic heterocycles. The first-order valence-corrected chi connectivity index (χ1v) is 7.96. The van der Waals surface area contributed by atoms with Gasteiger partial charge in [-0.05, 0) is 38.8 Å². The number of carboxylic acid groups (broad SMARTS) is 1. The van der Waals surface area contributed by atoms with Gasteiger partial charge in [0, 0.05) is 23.5 Å². The molecule has 0 saturated heterocycles. The van der Waals surface area contributed by atoms with Gasteiger partial charge in [0.25, 0.3) is 0 Å². The van der Waals surface area contributed by atoms with Crippen LogP contribution in [0.3, 0.4) is 0 Å². The molecule has 0 spiro atoms. The fourth-order valence-electron chi connectivity index (χ4n) is 2.41. The predicted molar refractivity (Wildman–Crippen MR) is 92.0 cm³/mol. The third kappa shape index (κ3) is 3.88. The number of amides is 1. The number of H-pyrrole nitrogens is 1. The van der Waals surface area contributed by atoms with Gasteiger partial charge in [-0.25, -0.2) is 9.59 Å². The largest absolute Gasteiger partial charge is 0.480 e. The SMILES string of the molecule is CCC(C)(C)OC(=O)N[C@@](C)(Cc1c[nH]c2ccccc12)C(=O)O. The topological polar surface area (TPSA) is 91.4 Å². The molecule has 0 aliphatic carbocycles. The van der Waals surface area contributed by atoms with E-state index in [0.717, 1.165) is 16.5 Å². The summed E-state index contributed by atoms with van der Waals surface area (Å²) in [6, 6.07) is 7.63. The maximum Gasteiger partial charge on any atom is 0.408 e. The van der Waals surface area contributed by atoms with Crippen molar-refractivity contribution in [2.24, 2.45) is 0 Å². The third-order valence-electron chi connectivity index (χ3n) is 4.29. The van der Waals surface area contributed by atoms with Gasteiger partial charge in [0.2, 0.25) is 0 Å². The van der Waals surface area contributed by atoms with E-state index < -0.39 is 23.2 Å². The van der Waals surface area contributed by atoms with Crippen LogP contribution in [0.15, 0.2) is 30.5 Å². The first-order valence-electron chi connectivity index (χ1n) is 7.96. The summed E-state index contributed by atoms with van der Waals surface area (Å²) in [5, 5.41) is 13.1. The van der Waals surface area contributed by atoms with Crippen LogP contribution >= 0.6 is 0 Å². The number of carbonyl (C=O) groups excluding carboxylic acids is 1. The number of ether oxygens (including phenoxy) is 1. The zero-order valence-electron chi connectivity index (χ0n) is 14.5. The molecule has 6 nitrogen and oxygen atoms in total. The minimum Gasteiger partial charge on any atom is -0.480 e. The Labute approximate surface area is 141 Å². The highest BCUT2D eigenvalue weighted by Gasteiger charge is 2.37. The van der Waals surface area contributed by atoms with E-state index in [2.05, 4.69) is 10.3 Å². The lowest BCUT2D eigenvalue weighted by atomic mass is 9.93. The predicted octanol–water partition coefficient (Wildman–Crippen LogP) is 3.47. The molecule has 6 heteroatoms. The molecule has 1 amide bonds. The second-order valence-electron chi connectivity index (χ2n) is 6.80. The van der Waals surface area contributed by atoms with Gasteiger partial charge in [-0.2, -0.15) is 0 Å². The van der Waals surface area contributed by atoms with Crippen LogP contribution in [0.2, 0.25) is 0 Å². The number of aliphatic carboxylic acids is 1. The summed E-state index contributed by atoms with van der Waals surface area (Å²) in [7, 11) is 0. The minimum absolute atomic E-state index is 0.147. The molecule has 0 radical (unpaired) electrons. The van der Waals surface area contributed by atoms with E-state index in [1.807, 2.05) is 31.2 Å². The van der Waals surface area contributed by atoms with E-state index in [1.54, 1.807) is 20.0 Å². The first-order chi connectivity index (χ1) is 11.2. The van der Waals surface area contributed by atoms with E-state index in [-0.39, 0.29) is 6.42 Å². The lowest BCUT2D eigenvalue weighted by Crippen LogP contribution is -2.55. The Hall–Kier alpha value is -2.50. The molecule has 0 saturated carbocycles. The number of carbonyl (C=O) groups is 2. The molecule has 2 rings (SSSR count). The zero-order valence-corrected chi connectivity index (χ0v) is 14.5. The smallest absolute Gasteiger partial charge is 0.408 e. The molecule has 130 valence electrons. The van der Waals surface area contributed by atoms with Crippen molar-refractivity contribution in [3.05, 3.63) is 36.0 Å². The van der Waals surface area contributed by atoms with Crippen molar-refractivity contribution in [2.75, 3.05) is 0 Å². The monoisotopic (exact) mass is 332 g/mol. The summed E-state index contributed by atoms with van der Waals surface area (Å²) in [5.74, 6) is -1.11. The van der Waals surface area contributed by atoms with Crippen molar-refractivity contribution in [1.82, 2.24) is 10.3 Å². The zero-order chi connectivity index (χ0) is 18.0. The molecule has 0 aliphatic rings. The van der Waals surface area contributed by atoms with Gasteiger partial charge in [-0.15, -0.1) is 0 Å². The third-order valence-corrected chi connectivity index (χ3v) is 4.29. The Kier molecular flexibility index (Phi) is 4.87. The van der Waals surface area contributed by atoms with E-state index in [9.17, 15) is 14.7 Å². The van der Waals surface area contributed by atoms with Crippen molar-refractivity contribution in [1.29, 1.82) is 0 Å². The Morgan fingerprint density at radius 3 is 2.54 bits per heavy atom. The van der Waals surface area contributed by atoms with Crippen LogP contribution < -0.4 is 5.32 Å². The normalized spacial score (nSPS) is 14.2. The van der Waals surface area contributed by atoms with Crippen molar-refractivity contribution >= 4 is 23.0 Å². The number of hydrogen-bond donors (Lipinski definition) is 3. The van der Waals surface area contributed by atoms with E-state index >= 15 is 0 Å². The number of alkyl carbamates (subject to hydrolysis) is 1. The fourth-order valence-corrected chi connectivity index (χ4v) is 2.41. The Balaban J connectivity index is 2.21. The number of aromatic amines is 1. The van der Waals surface area contributed by atoms with Gasteiger partial charge in [-0.1, -0.05) is 25.1 Å². The molecular formula is C18H24N2O4. The standard InChI is InChI=1S/C18H24N2O4/c1-5-17(2,3)24-16(23)20-18(4,15(21)22)10-12-11-19-14-9-7-6-8-13(12)14/h6-9,11,19H,5,10H2,1-4H3,(H,20,23)(H,21,22)/t18-/m0/s1. The van der Waals surface area contributed by atoms with Gasteiger partial charge in [0.1, 0.15) is 11.1 Å². The molecule has 0 aliphatic heterocycles. The lowest BCUT2D eigenvalue weighted by Gasteiger charge is -2.29. The van der Waals surface area contributed by atoms with Gasteiger partial charge in [0.05, 0.1) is 0 Å². The Morgan fingerprint density at radius 2 is 1.92 bits per heavy atom. The number of benzene rings is 1. The number of para-hydroxylation sites is 1. The van der Waals surface area contributed by atoms with Crippen molar-refractivity contribution in [3.8, 4) is 0 Å². The molecule has 0 bridgehead atoms. The average Bonchev–Trinajstić information content (AvgIpc) is 2.89. The molecule has 3 N–H and O–H groups in total. The highest BCUT2D eigenvalue weighted by Crippen LogP contribution is 2.23. The summed E-state index contributed by atoms with van der Waals surface area (Å²) < 4.78 is 5.32. The van der Waals surface area contributed by atoms with Crippen molar-refractivity contribution < 1.29 is 19.4 Å². The molecule has 0 fully saturated rings. The van der Waals surface area contributed by atoms with Gasteiger partial charge in [-0.3, -0.25) is 0 Å². The molecule has 24 heavy (non-hydrogen) atoms. The molecule has 1 atom stereocenters. The number of carboxylic acids is 1. The van der Waals surface area contributed by atoms with Gasteiger partial charge in [0.15, 0.2) is 0 Å². The van der Waals surface area contributed by atoms with Crippen molar-refractivity contribution in [3.63, 3.8) is 0 Å². The summed E-state index contributed by atoms with van der Waals surface area (Å²) in [4.78, 5) is 27.0. The average molecular weight is 332 g/mol. The maximum absolute atomic E-state index is 12.1. The summed E-state index contributed by atoms with van der Waals surface area (Å²) in [5.41, 5.74) is -0.364. The summed E-state index contributed by atoms with van der Waals surface area (Å²) in [6.45, 7) is 6.95. The molecule has 1 heterocycles. The minimum atomic E-state index is -1.47. The molecule has 0 unspecified atom stereocenters. The van der Waals surface area contributed by atoms with Crippen LogP contribution in [0.1, 0.15) is 39.7 Å². The van der Waals surface area contributed by atoms with Crippen LogP contribution in [0, 0.1) is 0 Å². The summed E-state index contributed by atoms with van der Waals surface area (Å²) >= 11 is 0. The van der Waals surface area contributed by atoms with Crippen LogP contribution in [0.5, 0.6) is 0 Å². The second-order valence-corrected chi connectivity index (χ2v) is 6.80. The van der Waals surface area contributed by atoms with E-state index in [1.165, 1.54) is 6.92 Å². The molecule has 1 aromatic carbocycles. The fraction of sp³-hybridized carbons (Fsp3) is 0.444. The highest BCUT2D eigenvalue weighted by atomic mass is 16.6. The number of hydrogen-bond acceptors (Lipinski definition) is 3. The Morgan fingerprint density at radius 1 is 1.25 bits per heavy atom. The van der Waals surface area contributed by atoms with Crippen LogP contribution in [-0.4, -0.2) is 33.3 Å². The number of fused-ring (bicyclic) bond motifs is 1. The van der Waals surface area contributed by atoms with Gasteiger partial charge < -0.3 is 20.1 Å². The first kappa shape index (κ1) is 17.8. The molecule has 2 aromatic rings. The van der Waals surface area contributed by atoms with E-state index in [0.29, 0.717) is 6.42 Å². The maximum atomic E-state index is 12.1. The number of nitrogens with one attached hydrogen (secondary N) is 2. The van der Waals surface area contributed by atoms with Crippen LogP contribution in [-0.2, 0) is 16.0 Å². The highest BCUT2D eigenvalue weighted by molar-refractivity contribution is 5.87. The van der Waals surface area contributed by atoms with E-state index in [4.69, 9.17) is 4.74 Å². The Bertz CT molecular complexity index is 750. The van der Waals surface area contributed by atoms with Crippen molar-refractivity contribution in [2.45, 2.75) is 51.7 Å².